The van der Waals surface area contributed by atoms with Gasteiger partial charge in [0.2, 0.25) is 0 Å². The van der Waals surface area contributed by atoms with Crippen LogP contribution >= 0.6 is 0 Å². The smallest absolute Gasteiger partial charge is 0.269 e. The number of carbonyl (C=O) groups is 2. The molecular formula is C27H18N6O7. The molecule has 0 atom stereocenters. The fourth-order valence-electron chi connectivity index (χ4n) is 3.89. The van der Waals surface area contributed by atoms with Crippen LogP contribution in [-0.2, 0) is 0 Å². The molecule has 5 aromatic rings. The number of nitrogens with one attached hydrogen (secondary N) is 3. The van der Waals surface area contributed by atoms with Crippen LogP contribution in [0.5, 0.6) is 5.75 Å². The molecule has 0 unspecified atom stereocenters. The van der Waals surface area contributed by atoms with Gasteiger partial charge in [0.15, 0.2) is 0 Å². The Morgan fingerprint density at radius 2 is 1.23 bits per heavy atom. The molecule has 4 N–H and O–H groups in total. The third-order valence-electron chi connectivity index (χ3n) is 5.93. The average molecular weight is 538 g/mol. The summed E-state index contributed by atoms with van der Waals surface area (Å²) in [7, 11) is 0. The first kappa shape index (κ1) is 25.5. The zero-order valence-corrected chi connectivity index (χ0v) is 20.3. The topological polar surface area (TPSA) is 193 Å². The minimum Gasteiger partial charge on any atom is -0.507 e. The minimum absolute atomic E-state index is 0.0981. The number of hydrogen-bond acceptors (Lipinski definition) is 8. The van der Waals surface area contributed by atoms with Crippen molar-refractivity contribution >= 4 is 45.6 Å². The number of phenolic OH excluding ortho intramolecular Hbond substituents is 1. The summed E-state index contributed by atoms with van der Waals surface area (Å²) >= 11 is 0. The standard InChI is InChI=1S/C27H18N6O7/c34-24-12-6-17(28-26(35)15-1-7-19(8-2-15)32(37)38)13-21(24)25-30-22-11-5-18(14-23(22)31-25)29-27(36)16-3-9-20(10-4-16)33(39)40/h1-14,34H,(H,28,35)(H,29,36)(H,30,31). The lowest BCUT2D eigenvalue weighted by Gasteiger charge is -2.08. The maximum atomic E-state index is 12.6. The number of hydrogen-bond donors (Lipinski definition) is 4. The highest BCUT2D eigenvalue weighted by atomic mass is 16.6. The Bertz CT molecular complexity index is 1800. The van der Waals surface area contributed by atoms with Crippen molar-refractivity contribution < 1.29 is 24.5 Å². The lowest BCUT2D eigenvalue weighted by atomic mass is 10.1. The van der Waals surface area contributed by atoms with Crippen molar-refractivity contribution in [3.05, 3.63) is 116 Å². The molecule has 0 spiro atoms. The van der Waals surface area contributed by atoms with Crippen LogP contribution in [-0.4, -0.2) is 36.7 Å². The van der Waals surface area contributed by atoms with Gasteiger partial charge in [0.1, 0.15) is 11.6 Å². The van der Waals surface area contributed by atoms with E-state index in [9.17, 15) is 34.9 Å². The zero-order valence-electron chi connectivity index (χ0n) is 20.3. The van der Waals surface area contributed by atoms with Crippen molar-refractivity contribution in [3.8, 4) is 17.1 Å². The molecule has 2 amide bonds. The van der Waals surface area contributed by atoms with E-state index < -0.39 is 21.7 Å². The van der Waals surface area contributed by atoms with Crippen LogP contribution in [0.2, 0.25) is 0 Å². The van der Waals surface area contributed by atoms with E-state index in [1.54, 1.807) is 18.2 Å². The number of aromatic nitrogens is 2. The molecule has 0 aliphatic heterocycles. The van der Waals surface area contributed by atoms with E-state index >= 15 is 0 Å². The Balaban J connectivity index is 1.34. The maximum Gasteiger partial charge on any atom is 0.269 e. The molecule has 0 fully saturated rings. The van der Waals surface area contributed by atoms with E-state index in [2.05, 4.69) is 20.6 Å². The first-order valence-corrected chi connectivity index (χ1v) is 11.6. The number of non-ortho nitro benzene ring substituents is 2. The first-order chi connectivity index (χ1) is 19.2. The largest absolute Gasteiger partial charge is 0.507 e. The van der Waals surface area contributed by atoms with Crippen LogP contribution in [0.4, 0.5) is 22.7 Å². The number of nitro benzene ring substituents is 2. The van der Waals surface area contributed by atoms with Crippen molar-refractivity contribution in [1.29, 1.82) is 0 Å². The highest BCUT2D eigenvalue weighted by Gasteiger charge is 2.15. The number of phenols is 1. The van der Waals surface area contributed by atoms with Gasteiger partial charge in [-0.3, -0.25) is 29.8 Å². The van der Waals surface area contributed by atoms with Crippen LogP contribution < -0.4 is 10.6 Å². The first-order valence-electron chi connectivity index (χ1n) is 11.6. The summed E-state index contributed by atoms with van der Waals surface area (Å²) in [6.07, 6.45) is 0. The number of imidazole rings is 1. The molecule has 0 aliphatic rings. The molecule has 13 heteroatoms. The zero-order chi connectivity index (χ0) is 28.4. The van der Waals surface area contributed by atoms with Crippen molar-refractivity contribution in [1.82, 2.24) is 9.97 Å². The van der Waals surface area contributed by atoms with Gasteiger partial charge < -0.3 is 20.7 Å². The number of nitro groups is 2. The summed E-state index contributed by atoms with van der Waals surface area (Å²) in [4.78, 5) is 53.3. The number of nitrogens with zero attached hydrogens (tertiary/aromatic N) is 3. The quantitative estimate of drug-likeness (QED) is 0.122. The van der Waals surface area contributed by atoms with Crippen molar-refractivity contribution in [2.45, 2.75) is 0 Å². The molecule has 0 saturated heterocycles. The third kappa shape index (κ3) is 5.28. The Hall–Kier alpha value is -6.11. The molecule has 0 saturated carbocycles. The average Bonchev–Trinajstić information content (AvgIpc) is 3.37. The number of rotatable bonds is 7. The molecule has 0 radical (unpaired) electrons. The fourth-order valence-corrected chi connectivity index (χ4v) is 3.89. The second-order valence-corrected chi connectivity index (χ2v) is 8.57. The van der Waals surface area contributed by atoms with Gasteiger partial charge in [0.05, 0.1) is 26.4 Å². The summed E-state index contributed by atoms with van der Waals surface area (Å²) in [5.41, 5.74) is 2.39. The highest BCUT2D eigenvalue weighted by Crippen LogP contribution is 2.32. The highest BCUT2D eigenvalue weighted by molar-refractivity contribution is 6.06. The summed E-state index contributed by atoms with van der Waals surface area (Å²) in [6, 6.07) is 19.7. The fraction of sp³-hybridized carbons (Fsp3) is 0. The summed E-state index contributed by atoms with van der Waals surface area (Å²) in [6.45, 7) is 0. The molecule has 5 rings (SSSR count). The molecule has 1 aromatic heterocycles. The second-order valence-electron chi connectivity index (χ2n) is 8.57. The molecule has 0 aliphatic carbocycles. The molecule has 13 nitrogen and oxygen atoms in total. The van der Waals surface area contributed by atoms with E-state index in [4.69, 9.17) is 0 Å². The summed E-state index contributed by atoms with van der Waals surface area (Å²) in [5.74, 6) is -0.746. The number of carbonyl (C=O) groups excluding carboxylic acids is 2. The molecule has 0 bridgehead atoms. The van der Waals surface area contributed by atoms with Gasteiger partial charge >= 0.3 is 0 Å². The number of anilines is 2. The number of fused-ring (bicyclic) bond motifs is 1. The van der Waals surface area contributed by atoms with Gasteiger partial charge in [0.25, 0.3) is 23.2 Å². The normalized spacial score (nSPS) is 10.7. The van der Waals surface area contributed by atoms with Gasteiger partial charge in [-0.15, -0.1) is 0 Å². The number of aromatic hydroxyl groups is 1. The predicted octanol–water partition coefficient (Wildman–Crippen LogP) is 5.26. The van der Waals surface area contributed by atoms with Gasteiger partial charge in [-0.25, -0.2) is 4.98 Å². The summed E-state index contributed by atoms with van der Waals surface area (Å²) in [5, 5.41) is 37.5. The van der Waals surface area contributed by atoms with Crippen molar-refractivity contribution in [2.75, 3.05) is 10.6 Å². The minimum atomic E-state index is -0.558. The molecule has 1 heterocycles. The Morgan fingerprint density at radius 1 is 0.725 bits per heavy atom. The van der Waals surface area contributed by atoms with E-state index in [0.29, 0.717) is 33.8 Å². The van der Waals surface area contributed by atoms with Crippen LogP contribution in [0, 0.1) is 20.2 Å². The van der Waals surface area contributed by atoms with Crippen LogP contribution in [0.1, 0.15) is 20.7 Å². The van der Waals surface area contributed by atoms with Crippen LogP contribution in [0.25, 0.3) is 22.4 Å². The number of benzene rings is 4. The van der Waals surface area contributed by atoms with Crippen LogP contribution in [0.15, 0.2) is 84.9 Å². The lowest BCUT2D eigenvalue weighted by molar-refractivity contribution is -0.385. The molecule has 4 aromatic carbocycles. The van der Waals surface area contributed by atoms with Gasteiger partial charge in [-0.1, -0.05) is 0 Å². The van der Waals surface area contributed by atoms with Gasteiger partial charge in [-0.05, 0) is 60.7 Å². The molecule has 40 heavy (non-hydrogen) atoms. The van der Waals surface area contributed by atoms with Crippen molar-refractivity contribution in [3.63, 3.8) is 0 Å². The van der Waals surface area contributed by atoms with Gasteiger partial charge in [-0.2, -0.15) is 0 Å². The SMILES string of the molecule is O=C(Nc1ccc(O)c(-c2nc3ccc(NC(=O)c4ccc([N+](=O)[O-])cc4)cc3[nH]2)c1)c1ccc([N+](=O)[O-])cc1. The third-order valence-corrected chi connectivity index (χ3v) is 5.93. The Labute approximate surface area is 224 Å². The predicted molar refractivity (Wildman–Crippen MR) is 145 cm³/mol. The summed E-state index contributed by atoms with van der Waals surface area (Å²) < 4.78 is 0. The number of amides is 2. The van der Waals surface area contributed by atoms with E-state index in [1.165, 1.54) is 66.7 Å². The Kier molecular flexibility index (Phi) is 6.60. The maximum absolute atomic E-state index is 12.6. The molecule has 198 valence electrons. The monoisotopic (exact) mass is 538 g/mol. The van der Waals surface area contributed by atoms with E-state index in [0.717, 1.165) is 0 Å². The second kappa shape index (κ2) is 10.3. The van der Waals surface area contributed by atoms with Gasteiger partial charge in [0, 0.05) is 46.8 Å². The molecular weight excluding hydrogens is 520 g/mol. The van der Waals surface area contributed by atoms with E-state index in [1.807, 2.05) is 0 Å². The number of H-pyrrole nitrogens is 1. The van der Waals surface area contributed by atoms with Crippen molar-refractivity contribution in [2.24, 2.45) is 0 Å². The van der Waals surface area contributed by atoms with Crippen LogP contribution in [0.3, 0.4) is 0 Å². The Morgan fingerprint density at radius 3 is 1.75 bits per heavy atom. The van der Waals surface area contributed by atoms with E-state index in [-0.39, 0.29) is 28.3 Å². The number of aromatic amines is 1. The lowest BCUT2D eigenvalue weighted by Crippen LogP contribution is -2.11.